The highest BCUT2D eigenvalue weighted by molar-refractivity contribution is 7.09. The van der Waals surface area contributed by atoms with Gasteiger partial charge in [-0.05, 0) is 59.3 Å². The molecule has 1 aliphatic heterocycles. The molecule has 0 spiro atoms. The second kappa shape index (κ2) is 13.2. The molecule has 5 atom stereocenters. The van der Waals surface area contributed by atoms with Crippen LogP contribution in [0.2, 0.25) is 0 Å². The standard InChI is InChI=1S/C34H50N6O6S/c1-32(2,3)26(38-31(46)39-34(13-7-6-8-14-34)30(45)36-17-20-10-9-15-47-20)29(44)40-18-21-23(33(21,4)5)24(40)28(43)37-22(16-19-11-12-19)25(41)27(35)42/h9-10,15,19,21-24,26H,6-8,11-14,16-18H2,1-5H3,(H2,35,42)(H,36,45)(H,37,43)(H2,38,39,46)/t21-,22?,23-,24-,26+/m0/s1. The topological polar surface area (TPSA) is 180 Å². The lowest BCUT2D eigenvalue weighted by atomic mass is 9.80. The third-order valence-electron chi connectivity index (χ3n) is 10.8. The molecule has 1 aromatic heterocycles. The Morgan fingerprint density at radius 1 is 1.04 bits per heavy atom. The molecule has 3 saturated carbocycles. The number of urea groups is 1. The van der Waals surface area contributed by atoms with Crippen molar-refractivity contribution in [3.8, 4) is 0 Å². The molecule has 47 heavy (non-hydrogen) atoms. The van der Waals surface area contributed by atoms with Crippen molar-refractivity contribution in [2.75, 3.05) is 6.54 Å². The van der Waals surface area contributed by atoms with E-state index in [9.17, 15) is 28.8 Å². The number of primary amides is 1. The number of carbonyl (C=O) groups excluding carboxylic acids is 6. The summed E-state index contributed by atoms with van der Waals surface area (Å²) in [6.07, 6.45) is 5.70. The lowest BCUT2D eigenvalue weighted by Gasteiger charge is -2.40. The Hall–Kier alpha value is -3.48. The first-order valence-corrected chi connectivity index (χ1v) is 17.8. The van der Waals surface area contributed by atoms with Crippen LogP contribution < -0.4 is 27.0 Å². The lowest BCUT2D eigenvalue weighted by Crippen LogP contribution is -2.65. The Kier molecular flexibility index (Phi) is 9.79. The first-order valence-electron chi connectivity index (χ1n) is 16.9. The first kappa shape index (κ1) is 34.8. The fourth-order valence-electron chi connectivity index (χ4n) is 7.67. The molecule has 3 aliphatic carbocycles. The Morgan fingerprint density at radius 3 is 2.30 bits per heavy atom. The minimum Gasteiger partial charge on any atom is -0.363 e. The van der Waals surface area contributed by atoms with Gasteiger partial charge in [0.1, 0.15) is 17.6 Å². The summed E-state index contributed by atoms with van der Waals surface area (Å²) in [6.45, 7) is 10.3. The number of ketones is 1. The molecule has 5 rings (SSSR count). The molecular formula is C34H50N6O6S. The number of rotatable bonds is 12. The van der Waals surface area contributed by atoms with E-state index >= 15 is 0 Å². The number of nitrogens with zero attached hydrogens (tertiary/aromatic N) is 1. The number of carbonyl (C=O) groups is 6. The van der Waals surface area contributed by atoms with E-state index < -0.39 is 58.6 Å². The normalized spacial score (nSPS) is 25.5. The number of hydrogen-bond acceptors (Lipinski definition) is 7. The molecule has 6 N–H and O–H groups in total. The SMILES string of the molecule is CC(C)(C)[C@H](NC(=O)NC1(C(=O)NCc2cccs2)CCCCC1)C(=O)N1C[C@H]2[C@@H]([C@H]1C(=O)NC(CC1CC1)C(=O)C(N)=O)C2(C)C. The Morgan fingerprint density at radius 2 is 1.72 bits per heavy atom. The Balaban J connectivity index is 1.32. The van der Waals surface area contributed by atoms with Crippen LogP contribution in [0.1, 0.15) is 90.9 Å². The van der Waals surface area contributed by atoms with Crippen LogP contribution in [-0.2, 0) is 30.5 Å². The van der Waals surface area contributed by atoms with Gasteiger partial charge < -0.3 is 31.9 Å². The van der Waals surface area contributed by atoms with E-state index in [1.54, 1.807) is 11.3 Å². The summed E-state index contributed by atoms with van der Waals surface area (Å²) < 4.78 is 0. The monoisotopic (exact) mass is 670 g/mol. The van der Waals surface area contributed by atoms with Crippen molar-refractivity contribution in [3.63, 3.8) is 0 Å². The summed E-state index contributed by atoms with van der Waals surface area (Å²) in [5.41, 5.74) is 3.28. The molecule has 1 aromatic rings. The van der Waals surface area contributed by atoms with Gasteiger partial charge in [-0.25, -0.2) is 4.79 Å². The zero-order chi connectivity index (χ0) is 34.3. The molecule has 12 nitrogen and oxygen atoms in total. The molecule has 6 amide bonds. The maximum Gasteiger partial charge on any atom is 0.316 e. The number of amides is 6. The molecule has 1 saturated heterocycles. The van der Waals surface area contributed by atoms with Gasteiger partial charge in [0.05, 0.1) is 12.6 Å². The fraction of sp³-hybridized carbons (Fsp3) is 0.706. The van der Waals surface area contributed by atoms with E-state index in [2.05, 4.69) is 35.1 Å². The molecule has 13 heteroatoms. The molecule has 4 aliphatic rings. The minimum atomic E-state index is -1.10. The second-order valence-corrected chi connectivity index (χ2v) is 16.7. The van der Waals surface area contributed by atoms with Crippen molar-refractivity contribution in [2.45, 2.75) is 116 Å². The summed E-state index contributed by atoms with van der Waals surface area (Å²) in [5, 5.41) is 13.6. The van der Waals surface area contributed by atoms with E-state index in [-0.39, 0.29) is 29.1 Å². The highest BCUT2D eigenvalue weighted by atomic mass is 32.1. The number of piperidine rings is 1. The van der Waals surface area contributed by atoms with Gasteiger partial charge in [0, 0.05) is 11.4 Å². The molecule has 258 valence electrons. The minimum absolute atomic E-state index is 0.0721. The van der Waals surface area contributed by atoms with E-state index in [0.717, 1.165) is 37.0 Å². The summed E-state index contributed by atoms with van der Waals surface area (Å²) in [6, 6.07) is 0.330. The average molecular weight is 671 g/mol. The van der Waals surface area contributed by atoms with Crippen LogP contribution >= 0.6 is 11.3 Å². The molecule has 0 bridgehead atoms. The first-order chi connectivity index (χ1) is 22.0. The molecule has 1 unspecified atom stereocenters. The number of likely N-dealkylation sites (tertiary alicyclic amines) is 1. The quantitative estimate of drug-likeness (QED) is 0.213. The predicted octanol–water partition coefficient (Wildman–Crippen LogP) is 2.60. The molecular weight excluding hydrogens is 620 g/mol. The Labute approximate surface area is 280 Å². The van der Waals surface area contributed by atoms with Crippen LogP contribution in [-0.4, -0.2) is 70.6 Å². The maximum atomic E-state index is 14.4. The van der Waals surface area contributed by atoms with Crippen LogP contribution in [0.5, 0.6) is 0 Å². The number of hydrogen-bond donors (Lipinski definition) is 5. The summed E-state index contributed by atoms with van der Waals surface area (Å²) >= 11 is 1.54. The fourth-order valence-corrected chi connectivity index (χ4v) is 8.32. The largest absolute Gasteiger partial charge is 0.363 e. The van der Waals surface area contributed by atoms with Crippen LogP contribution in [0, 0.1) is 28.6 Å². The average Bonchev–Trinajstić information content (AvgIpc) is 3.71. The number of thiophene rings is 1. The van der Waals surface area contributed by atoms with Gasteiger partial charge in [-0.1, -0.05) is 72.8 Å². The number of nitrogens with one attached hydrogen (secondary N) is 4. The van der Waals surface area contributed by atoms with Crippen molar-refractivity contribution < 1.29 is 28.8 Å². The maximum absolute atomic E-state index is 14.4. The summed E-state index contributed by atoms with van der Waals surface area (Å²) in [5.74, 6) is -2.90. The second-order valence-electron chi connectivity index (χ2n) is 15.7. The number of Topliss-reactive ketones (excluding diaryl/α,β-unsaturated/α-hetero) is 1. The number of fused-ring (bicyclic) bond motifs is 1. The zero-order valence-corrected chi connectivity index (χ0v) is 29.0. The third kappa shape index (κ3) is 7.49. The van der Waals surface area contributed by atoms with Gasteiger partial charge >= 0.3 is 6.03 Å². The van der Waals surface area contributed by atoms with E-state index in [1.807, 2.05) is 38.3 Å². The predicted molar refractivity (Wildman–Crippen MR) is 177 cm³/mol. The zero-order valence-electron chi connectivity index (χ0n) is 28.1. The molecule has 2 heterocycles. The van der Waals surface area contributed by atoms with Crippen molar-refractivity contribution in [2.24, 2.45) is 34.3 Å². The molecule has 0 radical (unpaired) electrons. The van der Waals surface area contributed by atoms with Crippen molar-refractivity contribution in [1.82, 2.24) is 26.2 Å². The van der Waals surface area contributed by atoms with Gasteiger partial charge in [0.15, 0.2) is 0 Å². The van der Waals surface area contributed by atoms with Crippen LogP contribution in [0.3, 0.4) is 0 Å². The highest BCUT2D eigenvalue weighted by Crippen LogP contribution is 2.65. The van der Waals surface area contributed by atoms with Gasteiger partial charge in [-0.2, -0.15) is 0 Å². The third-order valence-corrected chi connectivity index (χ3v) is 11.7. The van der Waals surface area contributed by atoms with E-state index in [1.165, 1.54) is 4.90 Å². The summed E-state index contributed by atoms with van der Waals surface area (Å²) in [7, 11) is 0. The van der Waals surface area contributed by atoms with Crippen LogP contribution in [0.25, 0.3) is 0 Å². The molecule has 0 aromatic carbocycles. The van der Waals surface area contributed by atoms with Crippen LogP contribution in [0.15, 0.2) is 17.5 Å². The smallest absolute Gasteiger partial charge is 0.316 e. The Bertz CT molecular complexity index is 1390. The van der Waals surface area contributed by atoms with Gasteiger partial charge in [-0.3, -0.25) is 24.0 Å². The van der Waals surface area contributed by atoms with Crippen LogP contribution in [0.4, 0.5) is 4.79 Å². The lowest BCUT2D eigenvalue weighted by molar-refractivity contribution is -0.145. The van der Waals surface area contributed by atoms with Gasteiger partial charge in [0.25, 0.3) is 5.91 Å². The van der Waals surface area contributed by atoms with E-state index in [0.29, 0.717) is 32.4 Å². The van der Waals surface area contributed by atoms with Crippen molar-refractivity contribution in [3.05, 3.63) is 22.4 Å². The van der Waals surface area contributed by atoms with Gasteiger partial charge in [-0.15, -0.1) is 11.3 Å². The number of nitrogens with two attached hydrogens (primary N) is 1. The molecule has 4 fully saturated rings. The van der Waals surface area contributed by atoms with Crippen molar-refractivity contribution >= 4 is 46.8 Å². The summed E-state index contributed by atoms with van der Waals surface area (Å²) in [4.78, 5) is 82.4. The van der Waals surface area contributed by atoms with Gasteiger partial charge in [0.2, 0.25) is 23.5 Å². The highest BCUT2D eigenvalue weighted by Gasteiger charge is 2.70. The van der Waals surface area contributed by atoms with E-state index in [4.69, 9.17) is 5.73 Å². The van der Waals surface area contributed by atoms with Crippen molar-refractivity contribution in [1.29, 1.82) is 0 Å².